The van der Waals surface area contributed by atoms with Gasteiger partial charge in [-0.1, -0.05) is 12.1 Å². The maximum atomic E-state index is 13.9. The average Bonchev–Trinajstić information content (AvgIpc) is 3.31. The van der Waals surface area contributed by atoms with Gasteiger partial charge in [0.2, 0.25) is 11.8 Å². The summed E-state index contributed by atoms with van der Waals surface area (Å²) in [4.78, 5) is 37.9. The zero-order valence-electron chi connectivity index (χ0n) is 19.4. The number of carbonyl (C=O) groups is 3. The zero-order chi connectivity index (χ0) is 25.5. The number of hydrogen-bond acceptors (Lipinski definition) is 5. The monoisotopic (exact) mass is 489 g/mol. The van der Waals surface area contributed by atoms with Gasteiger partial charge in [-0.05, 0) is 67.6 Å². The minimum Gasteiger partial charge on any atom is -0.479 e. The molecule has 0 aromatic heterocycles. The fraction of sp³-hybridized carbons (Fsp3) is 0.400. The van der Waals surface area contributed by atoms with Crippen LogP contribution in [0.2, 0.25) is 0 Å². The number of carboxylic acid groups (broad SMARTS) is 1. The van der Waals surface area contributed by atoms with Crippen LogP contribution in [0.1, 0.15) is 37.3 Å². The van der Waals surface area contributed by atoms with Gasteiger partial charge in [0.15, 0.2) is 6.10 Å². The third-order valence-electron chi connectivity index (χ3n) is 5.85. The van der Waals surface area contributed by atoms with Crippen LogP contribution >= 0.6 is 0 Å². The lowest BCUT2D eigenvalue weighted by molar-refractivity contribution is -0.144. The molecule has 35 heavy (non-hydrogen) atoms. The summed E-state index contributed by atoms with van der Waals surface area (Å²) in [5, 5.41) is 11.7. The molecule has 1 aliphatic rings. The van der Waals surface area contributed by atoms with E-state index in [1.807, 2.05) is 0 Å². The predicted octanol–water partition coefficient (Wildman–Crippen LogP) is 2.38. The van der Waals surface area contributed by atoms with Gasteiger partial charge in [-0.15, -0.1) is 0 Å². The van der Waals surface area contributed by atoms with E-state index in [0.717, 1.165) is 23.8 Å². The molecule has 4 N–H and O–H groups in total. The Morgan fingerprint density at radius 1 is 1.20 bits per heavy atom. The van der Waals surface area contributed by atoms with Crippen molar-refractivity contribution < 1.29 is 33.0 Å². The number of rotatable bonds is 10. The van der Waals surface area contributed by atoms with Crippen molar-refractivity contribution >= 4 is 17.8 Å². The predicted molar refractivity (Wildman–Crippen MR) is 123 cm³/mol. The SMILES string of the molecule is C[C@H](Oc1ccc(CNC(=O)[C@@H]2CCCN2C(=O)C[C@H](N)Cc2cc(F)ccc2F)cc1)C(=O)O. The number of aliphatic carboxylic acids is 1. The highest BCUT2D eigenvalue weighted by Crippen LogP contribution is 2.21. The van der Waals surface area contributed by atoms with Crippen LogP contribution in [0.15, 0.2) is 42.5 Å². The number of carbonyl (C=O) groups excluding carboxylic acids is 2. The lowest BCUT2D eigenvalue weighted by atomic mass is 10.0. The summed E-state index contributed by atoms with van der Waals surface area (Å²) in [6, 6.07) is 8.44. The lowest BCUT2D eigenvalue weighted by Crippen LogP contribution is -2.47. The third-order valence-corrected chi connectivity index (χ3v) is 5.85. The summed E-state index contributed by atoms with van der Waals surface area (Å²) in [6.45, 7) is 2.08. The van der Waals surface area contributed by atoms with E-state index in [9.17, 15) is 23.2 Å². The van der Waals surface area contributed by atoms with Crippen molar-refractivity contribution in [3.63, 3.8) is 0 Å². The van der Waals surface area contributed by atoms with Crippen molar-refractivity contribution in [1.82, 2.24) is 10.2 Å². The van der Waals surface area contributed by atoms with Gasteiger partial charge in [-0.25, -0.2) is 13.6 Å². The molecule has 10 heteroatoms. The molecule has 0 spiro atoms. The molecule has 0 saturated carbocycles. The van der Waals surface area contributed by atoms with Gasteiger partial charge in [-0.2, -0.15) is 0 Å². The molecule has 8 nitrogen and oxygen atoms in total. The summed E-state index contributed by atoms with van der Waals surface area (Å²) in [6.07, 6.45) is 0.129. The quantitative estimate of drug-likeness (QED) is 0.471. The van der Waals surface area contributed by atoms with Crippen LogP contribution in [-0.4, -0.2) is 52.5 Å². The first kappa shape index (κ1) is 26.1. The first-order chi connectivity index (χ1) is 16.6. The second-order valence-electron chi connectivity index (χ2n) is 8.61. The van der Waals surface area contributed by atoms with Gasteiger partial charge < -0.3 is 25.8 Å². The third kappa shape index (κ3) is 7.22. The van der Waals surface area contributed by atoms with Gasteiger partial charge in [0.05, 0.1) is 0 Å². The molecule has 2 aromatic carbocycles. The summed E-state index contributed by atoms with van der Waals surface area (Å²) < 4.78 is 32.5. The maximum Gasteiger partial charge on any atom is 0.344 e. The first-order valence-electron chi connectivity index (χ1n) is 11.4. The van der Waals surface area contributed by atoms with Gasteiger partial charge in [0, 0.05) is 25.6 Å². The molecular formula is C25H29F2N3O5. The van der Waals surface area contributed by atoms with Crippen molar-refractivity contribution in [2.24, 2.45) is 5.73 Å². The van der Waals surface area contributed by atoms with E-state index >= 15 is 0 Å². The molecule has 3 rings (SSSR count). The van der Waals surface area contributed by atoms with Crippen LogP contribution in [-0.2, 0) is 27.3 Å². The number of carboxylic acids is 1. The maximum absolute atomic E-state index is 13.9. The average molecular weight is 490 g/mol. The van der Waals surface area contributed by atoms with Crippen molar-refractivity contribution in [2.45, 2.75) is 57.3 Å². The van der Waals surface area contributed by atoms with Crippen molar-refractivity contribution in [3.8, 4) is 5.75 Å². The molecule has 1 aliphatic heterocycles. The molecule has 2 amide bonds. The molecule has 0 bridgehead atoms. The summed E-state index contributed by atoms with van der Waals surface area (Å²) in [5.41, 5.74) is 6.92. The number of hydrogen-bond donors (Lipinski definition) is 3. The van der Waals surface area contributed by atoms with Crippen LogP contribution in [0.5, 0.6) is 5.75 Å². The number of ether oxygens (including phenoxy) is 1. The molecule has 1 fully saturated rings. The van der Waals surface area contributed by atoms with Gasteiger partial charge in [0.25, 0.3) is 0 Å². The van der Waals surface area contributed by atoms with Crippen molar-refractivity contribution in [1.29, 1.82) is 0 Å². The number of halogens is 2. The molecule has 1 saturated heterocycles. The fourth-order valence-electron chi connectivity index (χ4n) is 3.98. The van der Waals surface area contributed by atoms with Crippen LogP contribution in [0.3, 0.4) is 0 Å². The Balaban J connectivity index is 1.51. The van der Waals surface area contributed by atoms with Gasteiger partial charge in [0.1, 0.15) is 23.4 Å². The van der Waals surface area contributed by atoms with Gasteiger partial charge >= 0.3 is 5.97 Å². The van der Waals surface area contributed by atoms with Crippen molar-refractivity contribution in [2.75, 3.05) is 6.54 Å². The Labute approximate surface area is 202 Å². The van der Waals surface area contributed by atoms with E-state index in [-0.39, 0.29) is 36.8 Å². The fourth-order valence-corrected chi connectivity index (χ4v) is 3.98. The van der Waals surface area contributed by atoms with Gasteiger partial charge in [-0.3, -0.25) is 9.59 Å². The Bertz CT molecular complexity index is 1060. The summed E-state index contributed by atoms with van der Waals surface area (Å²) in [5.74, 6) is -2.42. The van der Waals surface area contributed by atoms with E-state index in [0.29, 0.717) is 25.1 Å². The Morgan fingerprint density at radius 2 is 1.91 bits per heavy atom. The standard InChI is InChI=1S/C25H29F2N3O5/c1-15(25(33)34)35-20-7-4-16(5-8-20)14-29-24(32)22-3-2-10-30(22)23(31)13-19(28)12-17-11-18(26)6-9-21(17)27/h4-9,11,15,19,22H,2-3,10,12-14,28H2,1H3,(H,29,32)(H,33,34)/t15-,19+,22-/m0/s1. The first-order valence-corrected chi connectivity index (χ1v) is 11.4. The van der Waals surface area contributed by atoms with E-state index in [2.05, 4.69) is 5.32 Å². The van der Waals surface area contributed by atoms with Crippen LogP contribution in [0, 0.1) is 11.6 Å². The second kappa shape index (κ2) is 11.7. The largest absolute Gasteiger partial charge is 0.479 e. The summed E-state index contributed by atoms with van der Waals surface area (Å²) in [7, 11) is 0. The zero-order valence-corrected chi connectivity index (χ0v) is 19.4. The smallest absolute Gasteiger partial charge is 0.344 e. The van der Waals surface area contributed by atoms with Crippen LogP contribution in [0.25, 0.3) is 0 Å². The summed E-state index contributed by atoms with van der Waals surface area (Å²) >= 11 is 0. The highest BCUT2D eigenvalue weighted by Gasteiger charge is 2.34. The molecule has 0 unspecified atom stereocenters. The molecule has 188 valence electrons. The number of amides is 2. The molecule has 3 atom stereocenters. The van der Waals surface area contributed by atoms with Crippen molar-refractivity contribution in [3.05, 3.63) is 65.2 Å². The Hall–Kier alpha value is -3.53. The number of nitrogens with zero attached hydrogens (tertiary/aromatic N) is 1. The molecule has 2 aromatic rings. The number of nitrogens with two attached hydrogens (primary N) is 1. The Kier molecular flexibility index (Phi) is 8.75. The molecule has 0 aliphatic carbocycles. The van der Waals surface area contributed by atoms with E-state index in [1.165, 1.54) is 11.8 Å². The highest BCUT2D eigenvalue weighted by atomic mass is 19.1. The van der Waals surface area contributed by atoms with Crippen LogP contribution in [0.4, 0.5) is 8.78 Å². The number of nitrogens with one attached hydrogen (secondary N) is 1. The number of benzene rings is 2. The van der Waals surface area contributed by atoms with Crippen LogP contribution < -0.4 is 15.8 Å². The minimum atomic E-state index is -1.07. The second-order valence-corrected chi connectivity index (χ2v) is 8.61. The normalized spacial score (nSPS) is 17.0. The highest BCUT2D eigenvalue weighted by molar-refractivity contribution is 5.88. The minimum absolute atomic E-state index is 0.00495. The lowest BCUT2D eigenvalue weighted by Gasteiger charge is -2.25. The number of likely N-dealkylation sites (tertiary alicyclic amines) is 1. The molecular weight excluding hydrogens is 460 g/mol. The van der Waals surface area contributed by atoms with E-state index < -0.39 is 35.8 Å². The molecule has 1 heterocycles. The molecule has 0 radical (unpaired) electrons. The Morgan fingerprint density at radius 3 is 2.60 bits per heavy atom. The van der Waals surface area contributed by atoms with E-state index in [4.69, 9.17) is 15.6 Å². The topological polar surface area (TPSA) is 122 Å². The van der Waals surface area contributed by atoms with E-state index in [1.54, 1.807) is 24.3 Å².